The molecule has 1 amide bonds. The normalized spacial score (nSPS) is 19.9. The Morgan fingerprint density at radius 2 is 1.77 bits per heavy atom. The zero-order chi connectivity index (χ0) is 33.6. The van der Waals surface area contributed by atoms with E-state index >= 15 is 0 Å². The van der Waals surface area contributed by atoms with Gasteiger partial charge in [-0.15, -0.1) is 0 Å². The highest BCUT2D eigenvalue weighted by Gasteiger charge is 2.42. The van der Waals surface area contributed by atoms with Crippen molar-refractivity contribution < 1.29 is 17.9 Å². The minimum atomic E-state index is -4.16. The number of nitrogens with one attached hydrogen (secondary N) is 1. The molecule has 0 radical (unpaired) electrons. The smallest absolute Gasteiger partial charge is 0.264 e. The maximum Gasteiger partial charge on any atom is 0.264 e. The first kappa shape index (κ1) is 32.0. The Balaban J connectivity index is 1.32. The minimum Gasteiger partial charge on any atom is -0.475 e. The molecular weight excluding hydrogens is 627 g/mol. The van der Waals surface area contributed by atoms with E-state index in [2.05, 4.69) is 31.5 Å². The zero-order valence-electron chi connectivity index (χ0n) is 27.8. The van der Waals surface area contributed by atoms with Crippen LogP contribution < -0.4 is 14.4 Å². The Bertz CT molecular complexity index is 1960. The van der Waals surface area contributed by atoms with E-state index in [1.165, 1.54) is 18.6 Å². The Kier molecular flexibility index (Phi) is 8.31. The Morgan fingerprint density at radius 3 is 2.48 bits per heavy atom. The second-order valence-electron chi connectivity index (χ2n) is 13.8. The van der Waals surface area contributed by atoms with E-state index in [1.54, 1.807) is 35.5 Å². The van der Waals surface area contributed by atoms with E-state index in [0.717, 1.165) is 48.2 Å². The third kappa shape index (κ3) is 6.58. The summed E-state index contributed by atoms with van der Waals surface area (Å²) >= 11 is 0. The lowest BCUT2D eigenvalue weighted by Crippen LogP contribution is -2.45. The molecule has 250 valence electrons. The van der Waals surface area contributed by atoms with Gasteiger partial charge in [0.15, 0.2) is 0 Å². The molecule has 2 aliphatic carbocycles. The van der Waals surface area contributed by atoms with Crippen LogP contribution in [0.5, 0.6) is 5.88 Å². The highest BCUT2D eigenvalue weighted by atomic mass is 32.2. The average Bonchev–Trinajstić information content (AvgIpc) is 3.76. The van der Waals surface area contributed by atoms with Crippen molar-refractivity contribution in [2.75, 3.05) is 23.3 Å². The summed E-state index contributed by atoms with van der Waals surface area (Å²) < 4.78 is 36.4. The number of hydrogen-bond donors (Lipinski definition) is 1. The van der Waals surface area contributed by atoms with Crippen LogP contribution in [0.2, 0.25) is 0 Å². The number of nitrogens with zero attached hydrogens (tertiary/aromatic N) is 6. The molecule has 0 unspecified atom stereocenters. The van der Waals surface area contributed by atoms with E-state index in [1.807, 2.05) is 39.1 Å². The summed E-state index contributed by atoms with van der Waals surface area (Å²) in [7, 11) is -2.12. The lowest BCUT2D eigenvalue weighted by molar-refractivity contribution is 0.0537. The summed E-state index contributed by atoms with van der Waals surface area (Å²) in [5.41, 5.74) is 4.35. The molecule has 0 saturated heterocycles. The summed E-state index contributed by atoms with van der Waals surface area (Å²) in [6.45, 7) is 6.52. The van der Waals surface area contributed by atoms with Crippen LogP contribution in [0.15, 0.2) is 65.8 Å². The first-order valence-electron chi connectivity index (χ1n) is 16.5. The fourth-order valence-corrected chi connectivity index (χ4v) is 7.59. The molecule has 2 aromatic carbocycles. The van der Waals surface area contributed by atoms with Crippen LogP contribution in [-0.4, -0.2) is 64.9 Å². The molecule has 7 rings (SSSR count). The average molecular weight is 668 g/mol. The number of benzene rings is 2. The molecule has 4 bridgehead atoms. The Morgan fingerprint density at radius 1 is 1.02 bits per heavy atom. The van der Waals surface area contributed by atoms with Crippen LogP contribution in [0, 0.1) is 19.3 Å². The fourth-order valence-electron chi connectivity index (χ4n) is 6.60. The molecule has 1 N–H and O–H groups in total. The van der Waals surface area contributed by atoms with E-state index in [0.29, 0.717) is 23.9 Å². The predicted octanol–water partition coefficient (Wildman–Crippen LogP) is 5.93. The van der Waals surface area contributed by atoms with Crippen LogP contribution in [0.4, 0.5) is 11.8 Å². The van der Waals surface area contributed by atoms with Crippen LogP contribution in [0.1, 0.15) is 72.6 Å². The summed E-state index contributed by atoms with van der Waals surface area (Å²) in [6.07, 6.45) is 9.71. The second kappa shape index (κ2) is 12.5. The lowest BCUT2D eigenvalue weighted by atomic mass is 9.92. The van der Waals surface area contributed by atoms with Crippen molar-refractivity contribution in [1.82, 2.24) is 24.8 Å². The highest BCUT2D eigenvalue weighted by Crippen LogP contribution is 2.49. The first-order valence-corrected chi connectivity index (χ1v) is 18.0. The van der Waals surface area contributed by atoms with Gasteiger partial charge in [-0.2, -0.15) is 4.98 Å². The van der Waals surface area contributed by atoms with Gasteiger partial charge in [-0.1, -0.05) is 31.2 Å². The van der Waals surface area contributed by atoms with Gasteiger partial charge in [-0.05, 0) is 87.1 Å². The van der Waals surface area contributed by atoms with E-state index < -0.39 is 10.0 Å². The molecule has 2 fully saturated rings. The van der Waals surface area contributed by atoms with Gasteiger partial charge >= 0.3 is 0 Å². The number of carbonyl (C=O) groups excluding carboxylic acids is 1. The second-order valence-corrected chi connectivity index (χ2v) is 15.5. The molecule has 1 aliphatic heterocycles. The zero-order valence-corrected chi connectivity index (χ0v) is 28.6. The summed E-state index contributed by atoms with van der Waals surface area (Å²) in [5, 5.41) is 0. The van der Waals surface area contributed by atoms with Gasteiger partial charge in [-0.25, -0.2) is 23.1 Å². The number of aromatic nitrogens is 4. The van der Waals surface area contributed by atoms with Crippen LogP contribution in [0.25, 0.3) is 11.3 Å². The molecule has 3 aliphatic rings. The highest BCUT2D eigenvalue weighted by molar-refractivity contribution is 7.92. The van der Waals surface area contributed by atoms with Crippen molar-refractivity contribution in [2.24, 2.45) is 5.41 Å². The van der Waals surface area contributed by atoms with E-state index in [4.69, 9.17) is 9.72 Å². The SMILES string of the molecule is Cc1cccc(C)c1-c1cc2nc(n1)NS(=O)(=O)c1cccc(c1)C(=O)N(Cc1cncc(N(C)C3CCC3)n1)[C@H](CC1(C)CC1)CO2. The van der Waals surface area contributed by atoms with Gasteiger partial charge in [0.1, 0.15) is 12.4 Å². The third-order valence-corrected chi connectivity index (χ3v) is 11.3. The van der Waals surface area contributed by atoms with Gasteiger partial charge in [0.25, 0.3) is 15.9 Å². The molecule has 1 atom stereocenters. The number of carbonyl (C=O) groups is 1. The molecular formula is C36H41N7O4S. The van der Waals surface area contributed by atoms with E-state index in [9.17, 15) is 13.2 Å². The molecule has 4 aromatic rings. The molecule has 2 saturated carbocycles. The standard InChI is InChI=1S/C36H41N7O4S/c1-23-8-5-9-24(2)33(23)30-17-32-40-35(39-30)41-48(45,46)29-13-6-10-25(16-29)34(44)43(28(22-47-32)18-36(3)14-15-36)21-26-19-37-20-31(38-26)42(4)27-11-7-12-27/h5-6,8-10,13,16-17,19-20,27-28H,7,11-12,14-15,18,21-22H2,1-4H3,(H,39,40,41)/t28-/m1/s1. The monoisotopic (exact) mass is 667 g/mol. The first-order chi connectivity index (χ1) is 23.0. The van der Waals surface area contributed by atoms with E-state index in [-0.39, 0.29) is 52.8 Å². The third-order valence-electron chi connectivity index (χ3n) is 10.0. The van der Waals surface area contributed by atoms with Crippen molar-refractivity contribution in [1.29, 1.82) is 0 Å². The maximum atomic E-state index is 14.5. The molecule has 12 heteroatoms. The van der Waals surface area contributed by atoms with Gasteiger partial charge in [0.2, 0.25) is 11.8 Å². The number of hydrogen-bond acceptors (Lipinski definition) is 9. The predicted molar refractivity (Wildman–Crippen MR) is 183 cm³/mol. The summed E-state index contributed by atoms with van der Waals surface area (Å²) in [5.74, 6) is 0.571. The van der Waals surface area contributed by atoms with Gasteiger partial charge < -0.3 is 14.5 Å². The van der Waals surface area contributed by atoms with Crippen molar-refractivity contribution in [2.45, 2.75) is 82.8 Å². The van der Waals surface area contributed by atoms with Gasteiger partial charge in [-0.3, -0.25) is 9.78 Å². The molecule has 3 heterocycles. The Labute approximate surface area is 281 Å². The van der Waals surface area contributed by atoms with Crippen LogP contribution in [0.3, 0.4) is 0 Å². The quantitative estimate of drug-likeness (QED) is 0.255. The molecule has 0 spiro atoms. The number of aryl methyl sites for hydroxylation is 2. The van der Waals surface area contributed by atoms with Crippen molar-refractivity contribution in [3.63, 3.8) is 0 Å². The lowest BCUT2D eigenvalue weighted by Gasteiger charge is -2.36. The Hall–Kier alpha value is -4.58. The number of amides is 1. The van der Waals surface area contributed by atoms with Crippen molar-refractivity contribution >= 4 is 27.7 Å². The number of rotatable bonds is 7. The largest absolute Gasteiger partial charge is 0.475 e. The molecule has 48 heavy (non-hydrogen) atoms. The maximum absolute atomic E-state index is 14.5. The summed E-state index contributed by atoms with van der Waals surface area (Å²) in [6, 6.07) is 13.9. The fraction of sp³-hybridized carbons (Fsp3) is 0.417. The number of anilines is 2. The van der Waals surface area contributed by atoms with Gasteiger partial charge in [0.05, 0.1) is 41.3 Å². The van der Waals surface area contributed by atoms with Crippen molar-refractivity contribution in [3.8, 4) is 17.1 Å². The molecule has 2 aromatic heterocycles. The minimum absolute atomic E-state index is 0.0610. The number of ether oxygens (including phenoxy) is 1. The number of sulfonamides is 1. The number of fused-ring (bicyclic) bond motifs is 4. The summed E-state index contributed by atoms with van der Waals surface area (Å²) in [4.78, 5) is 36.9. The molecule has 11 nitrogen and oxygen atoms in total. The van der Waals surface area contributed by atoms with Crippen molar-refractivity contribution in [3.05, 3.63) is 83.3 Å². The van der Waals surface area contributed by atoms with Crippen LogP contribution >= 0.6 is 0 Å². The van der Waals surface area contributed by atoms with Gasteiger partial charge in [0, 0.05) is 30.3 Å². The van der Waals surface area contributed by atoms with Crippen LogP contribution in [-0.2, 0) is 16.6 Å². The topological polar surface area (TPSA) is 131 Å².